The molecule has 0 aliphatic heterocycles. The molecule has 3 aromatic rings. The lowest BCUT2D eigenvalue weighted by molar-refractivity contribution is -0.384. The van der Waals surface area contributed by atoms with E-state index in [0.717, 1.165) is 0 Å². The Morgan fingerprint density at radius 1 is 0.900 bits per heavy atom. The minimum absolute atomic E-state index is 0.109. The van der Waals surface area contributed by atoms with Crippen molar-refractivity contribution in [2.45, 2.75) is 0 Å². The van der Waals surface area contributed by atoms with Crippen LogP contribution in [0, 0.1) is 10.1 Å². The van der Waals surface area contributed by atoms with Gasteiger partial charge in [0.15, 0.2) is 0 Å². The van der Waals surface area contributed by atoms with E-state index in [2.05, 4.69) is 15.8 Å². The summed E-state index contributed by atoms with van der Waals surface area (Å²) < 4.78 is 5.65. The highest BCUT2D eigenvalue weighted by molar-refractivity contribution is 6.39. The number of ether oxygens (including phenoxy) is 1. The molecular weight excluding hydrogens is 388 g/mol. The number of nitrogens with zero attached hydrogens (tertiary/aromatic N) is 2. The molecule has 0 heterocycles. The molecule has 0 aliphatic carbocycles. The van der Waals surface area contributed by atoms with Gasteiger partial charge in [0.2, 0.25) is 0 Å². The van der Waals surface area contributed by atoms with E-state index in [1.165, 1.54) is 24.4 Å². The van der Waals surface area contributed by atoms with Crippen LogP contribution in [0.1, 0.15) is 5.56 Å². The number of carbonyl (C=O) groups excluding carboxylic acids is 2. The molecule has 0 atom stereocenters. The van der Waals surface area contributed by atoms with Crippen LogP contribution >= 0.6 is 0 Å². The number of hydrazone groups is 1. The molecule has 3 rings (SSSR count). The normalized spacial score (nSPS) is 10.4. The van der Waals surface area contributed by atoms with Crippen molar-refractivity contribution in [1.82, 2.24) is 5.43 Å². The smallest absolute Gasteiger partial charge is 0.329 e. The Bertz CT molecular complexity index is 1080. The molecule has 0 radical (unpaired) electrons. The van der Waals surface area contributed by atoms with Crippen LogP contribution in [0.5, 0.6) is 11.5 Å². The molecule has 30 heavy (non-hydrogen) atoms. The molecule has 2 N–H and O–H groups in total. The topological polar surface area (TPSA) is 123 Å². The fraction of sp³-hybridized carbons (Fsp3) is 0. The summed E-state index contributed by atoms with van der Waals surface area (Å²) in [5, 5.41) is 16.8. The van der Waals surface area contributed by atoms with Gasteiger partial charge in [0.05, 0.1) is 11.1 Å². The summed E-state index contributed by atoms with van der Waals surface area (Å²) in [5.41, 5.74) is 2.76. The Hall–Kier alpha value is -4.53. The number of para-hydroxylation sites is 1. The van der Waals surface area contributed by atoms with E-state index in [1.54, 1.807) is 30.3 Å². The monoisotopic (exact) mass is 404 g/mol. The van der Waals surface area contributed by atoms with Crippen LogP contribution in [0.3, 0.4) is 0 Å². The average molecular weight is 404 g/mol. The van der Waals surface area contributed by atoms with Gasteiger partial charge in [-0.3, -0.25) is 19.7 Å². The van der Waals surface area contributed by atoms with Crippen molar-refractivity contribution < 1.29 is 19.2 Å². The number of anilines is 1. The predicted octanol–water partition coefficient (Wildman–Crippen LogP) is 3.48. The third kappa shape index (κ3) is 5.73. The number of carbonyl (C=O) groups is 2. The van der Waals surface area contributed by atoms with Crippen LogP contribution in [0.4, 0.5) is 11.4 Å². The lowest BCUT2D eigenvalue weighted by Crippen LogP contribution is -2.32. The number of nitro benzene ring substituents is 1. The lowest BCUT2D eigenvalue weighted by Gasteiger charge is -2.07. The number of amides is 2. The van der Waals surface area contributed by atoms with Crippen molar-refractivity contribution in [3.05, 3.63) is 94.5 Å². The first-order chi connectivity index (χ1) is 14.5. The van der Waals surface area contributed by atoms with Crippen molar-refractivity contribution in [2.24, 2.45) is 5.10 Å². The van der Waals surface area contributed by atoms with E-state index in [-0.39, 0.29) is 5.69 Å². The van der Waals surface area contributed by atoms with E-state index in [0.29, 0.717) is 22.7 Å². The summed E-state index contributed by atoms with van der Waals surface area (Å²) in [4.78, 5) is 34.0. The Kier molecular flexibility index (Phi) is 6.47. The van der Waals surface area contributed by atoms with Crippen molar-refractivity contribution >= 4 is 29.4 Å². The third-order valence-corrected chi connectivity index (χ3v) is 3.76. The summed E-state index contributed by atoms with van der Waals surface area (Å²) in [6.45, 7) is 0. The maximum atomic E-state index is 12.0. The van der Waals surface area contributed by atoms with Gasteiger partial charge in [-0.05, 0) is 36.4 Å². The minimum atomic E-state index is -0.985. The number of hydrogen-bond donors (Lipinski definition) is 2. The first-order valence-corrected chi connectivity index (χ1v) is 8.73. The maximum Gasteiger partial charge on any atom is 0.329 e. The first kappa shape index (κ1) is 20.2. The molecule has 9 nitrogen and oxygen atoms in total. The summed E-state index contributed by atoms with van der Waals surface area (Å²) in [7, 11) is 0. The molecule has 0 saturated carbocycles. The Balaban J connectivity index is 1.52. The molecule has 3 aromatic carbocycles. The van der Waals surface area contributed by atoms with Crippen LogP contribution in [-0.4, -0.2) is 23.0 Å². The van der Waals surface area contributed by atoms with E-state index >= 15 is 0 Å². The quantitative estimate of drug-likeness (QED) is 0.282. The molecule has 9 heteroatoms. The molecule has 0 spiro atoms. The number of rotatable bonds is 6. The molecule has 0 aliphatic rings. The average Bonchev–Trinajstić information content (AvgIpc) is 2.76. The van der Waals surface area contributed by atoms with Crippen LogP contribution < -0.4 is 15.5 Å². The fourth-order valence-electron chi connectivity index (χ4n) is 2.35. The van der Waals surface area contributed by atoms with Gasteiger partial charge in [-0.2, -0.15) is 5.10 Å². The summed E-state index contributed by atoms with van der Waals surface area (Å²) in [6.07, 6.45) is 1.20. The van der Waals surface area contributed by atoms with Crippen LogP contribution in [0.2, 0.25) is 0 Å². The van der Waals surface area contributed by atoms with Gasteiger partial charge in [0.25, 0.3) is 5.69 Å². The first-order valence-electron chi connectivity index (χ1n) is 8.73. The van der Waals surface area contributed by atoms with Crippen molar-refractivity contribution in [2.75, 3.05) is 5.32 Å². The molecular formula is C21H16N4O5. The lowest BCUT2D eigenvalue weighted by atomic mass is 10.2. The van der Waals surface area contributed by atoms with E-state index < -0.39 is 16.7 Å². The zero-order valence-corrected chi connectivity index (χ0v) is 15.5. The van der Waals surface area contributed by atoms with E-state index in [4.69, 9.17) is 4.74 Å². The zero-order valence-electron chi connectivity index (χ0n) is 15.5. The van der Waals surface area contributed by atoms with Crippen molar-refractivity contribution in [3.8, 4) is 11.5 Å². The summed E-state index contributed by atoms with van der Waals surface area (Å²) in [5.74, 6) is -0.648. The maximum absolute atomic E-state index is 12.0. The molecule has 0 saturated heterocycles. The summed E-state index contributed by atoms with van der Waals surface area (Å²) >= 11 is 0. The number of hydrogen-bond acceptors (Lipinski definition) is 6. The number of nitro groups is 1. The third-order valence-electron chi connectivity index (χ3n) is 3.76. The number of non-ortho nitro benzene ring substituents is 1. The fourth-order valence-corrected chi connectivity index (χ4v) is 2.35. The summed E-state index contributed by atoms with van der Waals surface area (Å²) in [6, 6.07) is 21.4. The van der Waals surface area contributed by atoms with E-state index in [1.807, 2.05) is 30.3 Å². The largest absolute Gasteiger partial charge is 0.457 e. The molecule has 0 fully saturated rings. The van der Waals surface area contributed by atoms with Gasteiger partial charge in [0.1, 0.15) is 11.5 Å². The number of nitrogens with one attached hydrogen (secondary N) is 2. The van der Waals surface area contributed by atoms with Gasteiger partial charge in [-0.15, -0.1) is 0 Å². The van der Waals surface area contributed by atoms with Gasteiger partial charge in [-0.1, -0.05) is 30.3 Å². The van der Waals surface area contributed by atoms with Gasteiger partial charge in [-0.25, -0.2) is 5.43 Å². The molecule has 0 unspecified atom stereocenters. The Morgan fingerprint density at radius 3 is 2.30 bits per heavy atom. The van der Waals surface area contributed by atoms with Crippen LogP contribution in [0.15, 0.2) is 84.0 Å². The van der Waals surface area contributed by atoms with Crippen LogP contribution in [-0.2, 0) is 9.59 Å². The van der Waals surface area contributed by atoms with Gasteiger partial charge >= 0.3 is 11.8 Å². The molecule has 0 aromatic heterocycles. The molecule has 150 valence electrons. The van der Waals surface area contributed by atoms with Crippen LogP contribution in [0.25, 0.3) is 0 Å². The second kappa shape index (κ2) is 9.60. The minimum Gasteiger partial charge on any atom is -0.457 e. The standard InChI is InChI=1S/C21H16N4O5/c26-20(21(27)24-22-14-15-5-4-6-17(13-15)25(28)29)23-16-9-11-19(12-10-16)30-18-7-2-1-3-8-18/h1-14H,(H,23,26)(H,24,27)/b22-14+. The van der Waals surface area contributed by atoms with Crippen molar-refractivity contribution in [3.63, 3.8) is 0 Å². The molecule has 0 bridgehead atoms. The second-order valence-corrected chi connectivity index (χ2v) is 5.94. The van der Waals surface area contributed by atoms with Crippen molar-refractivity contribution in [1.29, 1.82) is 0 Å². The highest BCUT2D eigenvalue weighted by Gasteiger charge is 2.13. The number of benzene rings is 3. The predicted molar refractivity (Wildman–Crippen MR) is 110 cm³/mol. The van der Waals surface area contributed by atoms with E-state index in [9.17, 15) is 19.7 Å². The zero-order chi connectivity index (χ0) is 21.3. The Labute approximate surface area is 171 Å². The molecule has 2 amide bonds. The Morgan fingerprint density at radius 2 is 1.60 bits per heavy atom. The highest BCUT2D eigenvalue weighted by atomic mass is 16.6. The van der Waals surface area contributed by atoms with Gasteiger partial charge < -0.3 is 10.1 Å². The second-order valence-electron chi connectivity index (χ2n) is 5.94. The SMILES string of the molecule is O=C(N/N=C/c1cccc([N+](=O)[O-])c1)C(=O)Nc1ccc(Oc2ccccc2)cc1. The highest BCUT2D eigenvalue weighted by Crippen LogP contribution is 2.22. The van der Waals surface area contributed by atoms with Gasteiger partial charge in [0, 0.05) is 23.4 Å².